The minimum Gasteiger partial charge on any atom is -0.383 e. The third kappa shape index (κ3) is 11.6. The summed E-state index contributed by atoms with van der Waals surface area (Å²) >= 11 is 6.67. The molecule has 0 aromatic heterocycles. The average molecular weight is 634 g/mol. The minimum atomic E-state index is -0.366. The van der Waals surface area contributed by atoms with Crippen molar-refractivity contribution in [2.24, 2.45) is 0 Å². The molecule has 0 N–H and O–H groups in total. The van der Waals surface area contributed by atoms with Crippen molar-refractivity contribution in [3.8, 4) is 0 Å². The molecule has 2 rings (SSSR count). The van der Waals surface area contributed by atoms with Crippen LogP contribution in [0.4, 0.5) is 11.4 Å². The van der Waals surface area contributed by atoms with Gasteiger partial charge in [-0.05, 0) is 70.4 Å². The van der Waals surface area contributed by atoms with Crippen LogP contribution in [0, 0.1) is 41.0 Å². The van der Waals surface area contributed by atoms with Gasteiger partial charge in [0.2, 0.25) is 6.41 Å². The number of nitro groups is 2. The molecular weight excluding hydrogens is 600 g/mol. The Kier molecular flexibility index (Phi) is 15.3. The van der Waals surface area contributed by atoms with Gasteiger partial charge in [-0.25, -0.2) is 0 Å². The first-order valence-corrected chi connectivity index (χ1v) is 12.2. The molecule has 0 atom stereocenters. The summed E-state index contributed by atoms with van der Waals surface area (Å²) in [7, 11) is 10.7. The van der Waals surface area contributed by atoms with Gasteiger partial charge in [0, 0.05) is 55.0 Å². The van der Waals surface area contributed by atoms with Gasteiger partial charge < -0.3 is 14.4 Å². The highest BCUT2D eigenvalue weighted by Gasteiger charge is 2.14. The quantitative estimate of drug-likeness (QED) is 0.198. The maximum Gasteiger partial charge on any atom is 0.276 e. The van der Waals surface area contributed by atoms with Gasteiger partial charge in [-0.3, -0.25) is 25.1 Å². The molecule has 0 unspecified atom stereocenters. The molecule has 0 heterocycles. The second kappa shape index (κ2) is 16.4. The molecule has 0 saturated heterocycles. The molecule has 0 saturated carbocycles. The van der Waals surface area contributed by atoms with Gasteiger partial charge >= 0.3 is 0 Å². The standard InChI is InChI=1S/C11H13BrN2O2.C8H8BrNO2.C5H13NO2/c1-8-6-11(14(15)16)9(7-10(8)12)4-5-13(2)3;1-5-4-8(10(11)12)6(2)3-7(5)9;1-6(2)5(7-3)8-4/h4-7H,1-3H3;3-4H,1-2H3;5H,1-4H3/b5-4+;;. The molecule has 0 fully saturated rings. The zero-order chi connectivity index (χ0) is 28.2. The number of nitrogens with zero attached hydrogens (tertiary/aromatic N) is 4. The van der Waals surface area contributed by atoms with E-state index in [2.05, 4.69) is 31.9 Å². The molecule has 2 aromatic carbocycles. The summed E-state index contributed by atoms with van der Waals surface area (Å²) < 4.78 is 11.5. The molecule has 200 valence electrons. The third-order valence-corrected chi connectivity index (χ3v) is 6.26. The lowest BCUT2D eigenvalue weighted by molar-refractivity contribution is -0.385. The fourth-order valence-corrected chi connectivity index (χ4v) is 3.50. The molecule has 0 aliphatic heterocycles. The summed E-state index contributed by atoms with van der Waals surface area (Å²) in [6.45, 7) is 5.38. The Bertz CT molecular complexity index is 1060. The average Bonchev–Trinajstić information content (AvgIpc) is 2.77. The van der Waals surface area contributed by atoms with Crippen LogP contribution in [0.3, 0.4) is 0 Å². The summed E-state index contributed by atoms with van der Waals surface area (Å²) in [6.07, 6.45) is 3.29. The van der Waals surface area contributed by atoms with E-state index >= 15 is 0 Å². The number of hydrogen-bond donors (Lipinski definition) is 0. The molecule has 0 aliphatic rings. The largest absolute Gasteiger partial charge is 0.383 e. The van der Waals surface area contributed by atoms with E-state index in [1.165, 1.54) is 0 Å². The fraction of sp³-hybridized carbons (Fsp3) is 0.417. The SMILES string of the molecule is COC(OC)N(C)C.Cc1cc([N+](=O)[O-])c(/C=C/N(C)C)cc1Br.Cc1cc([N+](=O)[O-])c(C)cc1Br. The molecule has 0 bridgehead atoms. The van der Waals surface area contributed by atoms with Crippen LogP contribution < -0.4 is 0 Å². The van der Waals surface area contributed by atoms with Gasteiger partial charge in [0.1, 0.15) is 0 Å². The number of hydrogen-bond acceptors (Lipinski definition) is 8. The maximum absolute atomic E-state index is 10.9. The number of rotatable bonds is 7. The van der Waals surface area contributed by atoms with Crippen molar-refractivity contribution in [1.29, 1.82) is 0 Å². The van der Waals surface area contributed by atoms with Crippen molar-refractivity contribution in [2.75, 3.05) is 42.4 Å². The summed E-state index contributed by atoms with van der Waals surface area (Å²) in [5, 5.41) is 21.3. The molecular formula is C24H34Br2N4O6. The highest BCUT2D eigenvalue weighted by atomic mass is 79.9. The molecule has 10 nitrogen and oxygen atoms in total. The van der Waals surface area contributed by atoms with Crippen molar-refractivity contribution < 1.29 is 19.3 Å². The van der Waals surface area contributed by atoms with Crippen LogP contribution in [0.15, 0.2) is 39.4 Å². The molecule has 0 spiro atoms. The number of methoxy groups -OCH3 is 2. The Morgan fingerprint density at radius 2 is 1.25 bits per heavy atom. The smallest absolute Gasteiger partial charge is 0.276 e. The Labute approximate surface area is 229 Å². The van der Waals surface area contributed by atoms with E-state index in [0.29, 0.717) is 11.1 Å². The van der Waals surface area contributed by atoms with Crippen LogP contribution in [0.2, 0.25) is 0 Å². The normalized spacial score (nSPS) is 10.6. The predicted octanol–water partition coefficient (Wildman–Crippen LogP) is 6.30. The highest BCUT2D eigenvalue weighted by Crippen LogP contribution is 2.28. The highest BCUT2D eigenvalue weighted by molar-refractivity contribution is 9.10. The zero-order valence-corrected chi connectivity index (χ0v) is 25.2. The minimum absolute atomic E-state index is 0.124. The van der Waals surface area contributed by atoms with E-state index in [4.69, 9.17) is 9.47 Å². The van der Waals surface area contributed by atoms with E-state index in [1.54, 1.807) is 57.7 Å². The molecule has 2 aromatic rings. The summed E-state index contributed by atoms with van der Waals surface area (Å²) in [4.78, 5) is 24.3. The molecule has 0 aliphatic carbocycles. The van der Waals surface area contributed by atoms with Gasteiger partial charge in [-0.2, -0.15) is 0 Å². The number of halogens is 2. The molecule has 0 radical (unpaired) electrons. The van der Waals surface area contributed by atoms with Crippen LogP contribution in [-0.2, 0) is 9.47 Å². The van der Waals surface area contributed by atoms with Gasteiger partial charge in [0.05, 0.1) is 15.4 Å². The Balaban J connectivity index is 0.000000542. The lowest BCUT2D eigenvalue weighted by Gasteiger charge is -2.19. The van der Waals surface area contributed by atoms with Gasteiger partial charge in [-0.1, -0.05) is 31.9 Å². The molecule has 12 heteroatoms. The van der Waals surface area contributed by atoms with Crippen molar-refractivity contribution in [2.45, 2.75) is 27.2 Å². The van der Waals surface area contributed by atoms with E-state index in [1.807, 2.05) is 51.8 Å². The number of nitro benzene ring substituents is 2. The molecule has 0 amide bonds. The Morgan fingerprint density at radius 1 is 0.806 bits per heavy atom. The first kappa shape index (κ1) is 33.6. The lowest BCUT2D eigenvalue weighted by Crippen LogP contribution is -2.30. The number of ether oxygens (including phenoxy) is 2. The van der Waals surface area contributed by atoms with Crippen molar-refractivity contribution in [3.05, 3.63) is 81.9 Å². The lowest BCUT2D eigenvalue weighted by atomic mass is 10.1. The van der Waals surface area contributed by atoms with E-state index in [9.17, 15) is 20.2 Å². The van der Waals surface area contributed by atoms with Crippen LogP contribution in [0.1, 0.15) is 22.3 Å². The predicted molar refractivity (Wildman–Crippen MR) is 150 cm³/mol. The first-order chi connectivity index (χ1) is 16.7. The fourth-order valence-electron chi connectivity index (χ4n) is 2.68. The number of benzene rings is 2. The summed E-state index contributed by atoms with van der Waals surface area (Å²) in [5.41, 5.74) is 3.31. The van der Waals surface area contributed by atoms with Crippen LogP contribution >= 0.6 is 31.9 Å². The summed E-state index contributed by atoms with van der Waals surface area (Å²) in [6, 6.07) is 6.65. The zero-order valence-electron chi connectivity index (χ0n) is 22.0. The van der Waals surface area contributed by atoms with Crippen molar-refractivity contribution >= 4 is 49.3 Å². The molecule has 36 heavy (non-hydrogen) atoms. The van der Waals surface area contributed by atoms with Crippen molar-refractivity contribution in [3.63, 3.8) is 0 Å². The topological polar surface area (TPSA) is 111 Å². The van der Waals surface area contributed by atoms with Crippen LogP contribution in [-0.4, -0.2) is 68.5 Å². The number of aryl methyl sites for hydroxylation is 3. The monoisotopic (exact) mass is 632 g/mol. The van der Waals surface area contributed by atoms with Gasteiger partial charge in [-0.15, -0.1) is 0 Å². The van der Waals surface area contributed by atoms with E-state index < -0.39 is 0 Å². The first-order valence-electron chi connectivity index (χ1n) is 10.6. The second-order valence-electron chi connectivity index (χ2n) is 8.08. The Morgan fingerprint density at radius 3 is 1.61 bits per heavy atom. The van der Waals surface area contributed by atoms with Crippen LogP contribution in [0.5, 0.6) is 0 Å². The van der Waals surface area contributed by atoms with Crippen molar-refractivity contribution in [1.82, 2.24) is 9.80 Å². The maximum atomic E-state index is 10.9. The van der Waals surface area contributed by atoms with E-state index in [-0.39, 0.29) is 27.6 Å². The van der Waals surface area contributed by atoms with Crippen LogP contribution in [0.25, 0.3) is 6.08 Å². The second-order valence-corrected chi connectivity index (χ2v) is 9.79. The Hall–Kier alpha value is -2.38. The summed E-state index contributed by atoms with van der Waals surface area (Å²) in [5.74, 6) is 0. The van der Waals surface area contributed by atoms with E-state index in [0.717, 1.165) is 20.1 Å². The van der Waals surface area contributed by atoms with Gasteiger partial charge in [0.15, 0.2) is 0 Å². The third-order valence-electron chi connectivity index (χ3n) is 4.56. The van der Waals surface area contributed by atoms with Gasteiger partial charge in [0.25, 0.3) is 11.4 Å².